The third-order valence-electron chi connectivity index (χ3n) is 5.58. The summed E-state index contributed by atoms with van der Waals surface area (Å²) in [5, 5.41) is 14.4. The van der Waals surface area contributed by atoms with Crippen LogP contribution in [0.5, 0.6) is 0 Å². The fourth-order valence-electron chi connectivity index (χ4n) is 3.82. The number of benzene rings is 2. The number of anilines is 1. The van der Waals surface area contributed by atoms with Crippen LogP contribution in [0.1, 0.15) is 41.3 Å². The molecule has 1 heterocycles. The predicted octanol–water partition coefficient (Wildman–Crippen LogP) is 2.81. The Morgan fingerprint density at radius 3 is 2.50 bits per heavy atom. The number of carbonyl (C=O) groups excluding carboxylic acids is 1. The molecule has 2 aromatic rings. The van der Waals surface area contributed by atoms with Crippen molar-refractivity contribution in [2.24, 2.45) is 5.92 Å². The van der Waals surface area contributed by atoms with Crippen LogP contribution in [0.2, 0.25) is 0 Å². The van der Waals surface area contributed by atoms with Crippen molar-refractivity contribution in [3.05, 3.63) is 69.3 Å². The van der Waals surface area contributed by atoms with E-state index in [1.807, 2.05) is 4.90 Å². The van der Waals surface area contributed by atoms with Crippen LogP contribution in [-0.2, 0) is 22.3 Å². The number of hydrogen-bond acceptors (Lipinski definition) is 6. The minimum atomic E-state index is -3.35. The third kappa shape index (κ3) is 6.04. The van der Waals surface area contributed by atoms with Gasteiger partial charge in [0.15, 0.2) is 0 Å². The quantitative estimate of drug-likeness (QED) is 0.461. The highest BCUT2D eigenvalue weighted by molar-refractivity contribution is 7.88. The first-order valence-electron chi connectivity index (χ1n) is 10.5. The Hall–Kier alpha value is -2.98. The fourth-order valence-corrected chi connectivity index (χ4v) is 4.59. The number of nitrogens with zero attached hydrogens (tertiary/aromatic N) is 2. The second-order valence-electron chi connectivity index (χ2n) is 8.12. The van der Waals surface area contributed by atoms with E-state index in [9.17, 15) is 23.3 Å². The van der Waals surface area contributed by atoms with Gasteiger partial charge in [0, 0.05) is 31.3 Å². The first-order valence-corrected chi connectivity index (χ1v) is 12.1. The van der Waals surface area contributed by atoms with Gasteiger partial charge in [-0.2, -0.15) is 0 Å². The van der Waals surface area contributed by atoms with Gasteiger partial charge >= 0.3 is 0 Å². The summed E-state index contributed by atoms with van der Waals surface area (Å²) < 4.78 is 25.5. The maximum absolute atomic E-state index is 12.6. The Morgan fingerprint density at radius 1 is 1.19 bits per heavy atom. The Morgan fingerprint density at radius 2 is 1.88 bits per heavy atom. The molecule has 0 aromatic heterocycles. The van der Waals surface area contributed by atoms with Crippen LogP contribution in [-0.4, -0.2) is 39.4 Å². The maximum Gasteiger partial charge on any atom is 0.293 e. The molecule has 0 aliphatic carbocycles. The first-order chi connectivity index (χ1) is 15.2. The van der Waals surface area contributed by atoms with Crippen LogP contribution >= 0.6 is 0 Å². The van der Waals surface area contributed by atoms with Crippen LogP contribution in [0, 0.1) is 16.0 Å². The van der Waals surface area contributed by atoms with Gasteiger partial charge in [-0.15, -0.1) is 0 Å². The molecule has 0 radical (unpaired) electrons. The second-order valence-corrected chi connectivity index (χ2v) is 10.0. The van der Waals surface area contributed by atoms with E-state index in [1.165, 1.54) is 13.1 Å². The van der Waals surface area contributed by atoms with Gasteiger partial charge in [0.05, 0.1) is 10.7 Å². The van der Waals surface area contributed by atoms with Gasteiger partial charge < -0.3 is 10.2 Å². The van der Waals surface area contributed by atoms with Gasteiger partial charge in [0.25, 0.3) is 11.6 Å². The molecule has 0 saturated carbocycles. The number of amides is 1. The molecule has 1 saturated heterocycles. The molecule has 32 heavy (non-hydrogen) atoms. The van der Waals surface area contributed by atoms with Crippen molar-refractivity contribution in [3.63, 3.8) is 0 Å². The van der Waals surface area contributed by atoms with E-state index in [0.717, 1.165) is 31.5 Å². The Bertz CT molecular complexity index is 1090. The van der Waals surface area contributed by atoms with Crippen LogP contribution < -0.4 is 14.9 Å². The van der Waals surface area contributed by atoms with Gasteiger partial charge in [-0.3, -0.25) is 14.9 Å². The molecule has 9 nitrogen and oxygen atoms in total. The van der Waals surface area contributed by atoms with Crippen LogP contribution in [0.4, 0.5) is 11.4 Å². The SMILES string of the molecule is CNS(=O)(=O)Cc1ccc(CNC(=O)c2ccc(N3CCC[C@@H](C)C3)c([N+](=O)[O-])c2)cc1. The number of nitro benzene ring substituents is 1. The molecule has 1 aliphatic heterocycles. The van der Waals surface area contributed by atoms with E-state index >= 15 is 0 Å². The molecule has 1 fully saturated rings. The summed E-state index contributed by atoms with van der Waals surface area (Å²) in [6.07, 6.45) is 2.09. The summed E-state index contributed by atoms with van der Waals surface area (Å²) in [4.78, 5) is 25.8. The zero-order chi connectivity index (χ0) is 23.3. The molecule has 1 atom stereocenters. The Kier molecular flexibility index (Phi) is 7.47. The molecule has 3 rings (SSSR count). The van der Waals surface area contributed by atoms with Crippen molar-refractivity contribution in [1.29, 1.82) is 0 Å². The van der Waals surface area contributed by atoms with Crippen molar-refractivity contribution in [3.8, 4) is 0 Å². The average molecular weight is 461 g/mol. The van der Waals surface area contributed by atoms with E-state index in [2.05, 4.69) is 17.0 Å². The van der Waals surface area contributed by atoms with Crippen LogP contribution in [0.25, 0.3) is 0 Å². The van der Waals surface area contributed by atoms with Crippen molar-refractivity contribution < 1.29 is 18.1 Å². The first kappa shape index (κ1) is 23.7. The third-order valence-corrected chi connectivity index (χ3v) is 6.91. The monoisotopic (exact) mass is 460 g/mol. The van der Waals surface area contributed by atoms with Crippen molar-refractivity contribution >= 4 is 27.3 Å². The molecular formula is C22H28N4O5S. The number of hydrogen-bond donors (Lipinski definition) is 2. The second kappa shape index (κ2) is 10.1. The lowest BCUT2D eigenvalue weighted by Crippen LogP contribution is -2.34. The number of rotatable bonds is 8. The summed E-state index contributed by atoms with van der Waals surface area (Å²) in [6, 6.07) is 11.5. The fraction of sp³-hybridized carbons (Fsp3) is 0.409. The molecule has 0 spiro atoms. The number of piperidine rings is 1. The van der Waals surface area contributed by atoms with E-state index in [0.29, 0.717) is 17.2 Å². The predicted molar refractivity (Wildman–Crippen MR) is 123 cm³/mol. The summed E-state index contributed by atoms with van der Waals surface area (Å²) in [5.41, 5.74) is 2.12. The van der Waals surface area contributed by atoms with Gasteiger partial charge in [-0.05, 0) is 49.1 Å². The number of nitro groups is 1. The summed E-state index contributed by atoms with van der Waals surface area (Å²) in [5.74, 6) is -0.0633. The van der Waals surface area contributed by atoms with Gasteiger partial charge in [0.2, 0.25) is 10.0 Å². The lowest BCUT2D eigenvalue weighted by molar-refractivity contribution is -0.384. The van der Waals surface area contributed by atoms with Gasteiger partial charge in [0.1, 0.15) is 5.69 Å². The van der Waals surface area contributed by atoms with Crippen molar-refractivity contribution in [1.82, 2.24) is 10.0 Å². The number of sulfonamides is 1. The van der Waals surface area contributed by atoms with Crippen molar-refractivity contribution in [2.45, 2.75) is 32.1 Å². The average Bonchev–Trinajstić information content (AvgIpc) is 2.77. The van der Waals surface area contributed by atoms with Gasteiger partial charge in [-0.25, -0.2) is 13.1 Å². The minimum absolute atomic E-state index is 0.0677. The molecule has 1 amide bonds. The Balaban J connectivity index is 1.67. The standard InChI is InChI=1S/C22H28N4O5S/c1-16-4-3-11-25(14-16)20-10-9-19(12-21(20)26(28)29)22(27)24-13-17-5-7-18(8-6-17)15-32(30,31)23-2/h5-10,12,16,23H,3-4,11,13-15H2,1-2H3,(H,24,27)/t16-/m1/s1. The van der Waals surface area contributed by atoms with Crippen molar-refractivity contribution in [2.75, 3.05) is 25.0 Å². The number of nitrogens with one attached hydrogen (secondary N) is 2. The largest absolute Gasteiger partial charge is 0.366 e. The highest BCUT2D eigenvalue weighted by Crippen LogP contribution is 2.32. The topological polar surface area (TPSA) is 122 Å². The van der Waals surface area contributed by atoms with E-state index < -0.39 is 20.9 Å². The molecule has 2 aromatic carbocycles. The number of carbonyl (C=O) groups is 1. The molecule has 1 aliphatic rings. The molecular weight excluding hydrogens is 432 g/mol. The van der Waals surface area contributed by atoms with Crippen LogP contribution in [0.15, 0.2) is 42.5 Å². The molecule has 0 bridgehead atoms. The highest BCUT2D eigenvalue weighted by atomic mass is 32.2. The normalized spacial score (nSPS) is 16.6. The molecule has 2 N–H and O–H groups in total. The Labute approximate surface area is 188 Å². The van der Waals surface area contributed by atoms with E-state index in [1.54, 1.807) is 36.4 Å². The summed E-state index contributed by atoms with van der Waals surface area (Å²) in [6.45, 7) is 3.88. The molecule has 0 unspecified atom stereocenters. The van der Waals surface area contributed by atoms with Crippen LogP contribution in [0.3, 0.4) is 0 Å². The lowest BCUT2D eigenvalue weighted by Gasteiger charge is -2.32. The lowest BCUT2D eigenvalue weighted by atomic mass is 9.99. The summed E-state index contributed by atoms with van der Waals surface area (Å²) >= 11 is 0. The molecule has 10 heteroatoms. The summed E-state index contributed by atoms with van der Waals surface area (Å²) in [7, 11) is -1.99. The van der Waals surface area contributed by atoms with E-state index in [-0.39, 0.29) is 23.5 Å². The maximum atomic E-state index is 12.6. The zero-order valence-electron chi connectivity index (χ0n) is 18.2. The highest BCUT2D eigenvalue weighted by Gasteiger charge is 2.25. The van der Waals surface area contributed by atoms with E-state index in [4.69, 9.17) is 0 Å². The molecule has 172 valence electrons. The zero-order valence-corrected chi connectivity index (χ0v) is 19.0. The minimum Gasteiger partial charge on any atom is -0.366 e. The smallest absolute Gasteiger partial charge is 0.293 e. The van der Waals surface area contributed by atoms with Gasteiger partial charge in [-0.1, -0.05) is 31.2 Å².